The first-order chi connectivity index (χ1) is 16.4. The normalized spacial score (nSPS) is 12.5. The summed E-state index contributed by atoms with van der Waals surface area (Å²) in [5.74, 6) is -0.0361. The van der Waals surface area contributed by atoms with E-state index in [1.54, 1.807) is 42.5 Å². The van der Waals surface area contributed by atoms with Crippen LogP contribution in [0.2, 0.25) is 0 Å². The molecule has 0 heterocycles. The average molecular weight is 518 g/mol. The van der Waals surface area contributed by atoms with Crippen molar-refractivity contribution in [2.45, 2.75) is 24.8 Å². The number of carbonyl (C=O) groups is 1. The molecule has 3 aromatic carbocycles. The molecule has 11 heteroatoms. The molecule has 35 heavy (non-hydrogen) atoms. The van der Waals surface area contributed by atoms with Crippen molar-refractivity contribution in [3.05, 3.63) is 78.4 Å². The Bertz CT molecular complexity index is 1400. The Morgan fingerprint density at radius 1 is 0.914 bits per heavy atom. The number of hydrogen-bond acceptors (Lipinski definition) is 6. The molecule has 0 aliphatic heterocycles. The van der Waals surface area contributed by atoms with Gasteiger partial charge in [0.25, 0.3) is 10.0 Å². The topological polar surface area (TPSA) is 122 Å². The third kappa shape index (κ3) is 6.52. The van der Waals surface area contributed by atoms with E-state index in [-0.39, 0.29) is 4.90 Å². The van der Waals surface area contributed by atoms with Crippen molar-refractivity contribution in [2.24, 2.45) is 0 Å². The van der Waals surface area contributed by atoms with Crippen molar-refractivity contribution in [1.82, 2.24) is 0 Å². The molecule has 1 amide bonds. The number of sulfonamides is 2. The molecule has 9 nitrogen and oxygen atoms in total. The molecule has 2 N–H and O–H groups in total. The number of rotatable bonds is 9. The van der Waals surface area contributed by atoms with Gasteiger partial charge in [0.1, 0.15) is 11.8 Å². The minimum Gasteiger partial charge on any atom is -0.497 e. The molecule has 0 aromatic heterocycles. The zero-order valence-corrected chi connectivity index (χ0v) is 21.4. The molecule has 0 aliphatic rings. The maximum Gasteiger partial charge on any atom is 0.261 e. The van der Waals surface area contributed by atoms with Crippen LogP contribution in [0.25, 0.3) is 0 Å². The maximum absolute atomic E-state index is 12.9. The van der Waals surface area contributed by atoms with Gasteiger partial charge in [-0.3, -0.25) is 13.8 Å². The summed E-state index contributed by atoms with van der Waals surface area (Å²) in [6.45, 7) is 3.32. The molecule has 0 spiro atoms. The zero-order valence-electron chi connectivity index (χ0n) is 19.7. The molecule has 1 atom stereocenters. The Labute approximate surface area is 205 Å². The van der Waals surface area contributed by atoms with Crippen LogP contribution in [0.1, 0.15) is 12.5 Å². The molecule has 3 rings (SSSR count). The Hall–Kier alpha value is -3.57. The van der Waals surface area contributed by atoms with Gasteiger partial charge in [0.05, 0.1) is 23.9 Å². The number of anilines is 3. The molecule has 0 fully saturated rings. The van der Waals surface area contributed by atoms with E-state index in [0.717, 1.165) is 16.1 Å². The van der Waals surface area contributed by atoms with E-state index >= 15 is 0 Å². The largest absolute Gasteiger partial charge is 0.497 e. The lowest BCUT2D eigenvalue weighted by molar-refractivity contribution is -0.116. The number of benzene rings is 3. The van der Waals surface area contributed by atoms with E-state index in [2.05, 4.69) is 10.0 Å². The number of aryl methyl sites for hydroxylation is 1. The third-order valence-electron chi connectivity index (χ3n) is 5.12. The minimum atomic E-state index is -3.83. The summed E-state index contributed by atoms with van der Waals surface area (Å²) in [7, 11) is -6.12. The summed E-state index contributed by atoms with van der Waals surface area (Å²) in [6, 6.07) is 17.8. The quantitative estimate of drug-likeness (QED) is 0.447. The van der Waals surface area contributed by atoms with Crippen molar-refractivity contribution >= 4 is 43.0 Å². The first-order valence-corrected chi connectivity index (χ1v) is 13.9. The number of carbonyl (C=O) groups excluding carboxylic acids is 1. The Kier molecular flexibility index (Phi) is 7.71. The molecule has 0 bridgehead atoms. The summed E-state index contributed by atoms with van der Waals surface area (Å²) in [5, 5.41) is 2.64. The fraction of sp³-hybridized carbons (Fsp3) is 0.208. The van der Waals surface area contributed by atoms with Crippen molar-refractivity contribution in [3.8, 4) is 5.75 Å². The van der Waals surface area contributed by atoms with Crippen LogP contribution in [0.3, 0.4) is 0 Å². The van der Waals surface area contributed by atoms with Gasteiger partial charge in [-0.25, -0.2) is 16.8 Å². The smallest absolute Gasteiger partial charge is 0.261 e. The van der Waals surface area contributed by atoms with Crippen LogP contribution in [0, 0.1) is 6.92 Å². The van der Waals surface area contributed by atoms with Gasteiger partial charge >= 0.3 is 0 Å². The summed E-state index contributed by atoms with van der Waals surface area (Å²) in [4.78, 5) is 12.9. The second kappa shape index (κ2) is 10.4. The fourth-order valence-corrected chi connectivity index (χ4v) is 5.65. The van der Waals surface area contributed by atoms with E-state index in [1.165, 1.54) is 38.3 Å². The molecule has 3 aromatic rings. The molecular weight excluding hydrogens is 490 g/mol. The molecule has 0 radical (unpaired) electrons. The average Bonchev–Trinajstić information content (AvgIpc) is 2.79. The monoisotopic (exact) mass is 517 g/mol. The summed E-state index contributed by atoms with van der Waals surface area (Å²) >= 11 is 0. The highest BCUT2D eigenvalue weighted by atomic mass is 32.2. The van der Waals surface area contributed by atoms with Gasteiger partial charge in [-0.15, -0.1) is 0 Å². The molecule has 1 unspecified atom stereocenters. The second-order valence-electron chi connectivity index (χ2n) is 7.92. The summed E-state index contributed by atoms with van der Waals surface area (Å²) in [6.07, 6.45) is 1.02. The summed E-state index contributed by atoms with van der Waals surface area (Å²) < 4.78 is 58.9. The molecule has 0 saturated heterocycles. The van der Waals surface area contributed by atoms with Crippen LogP contribution >= 0.6 is 0 Å². The number of nitrogens with zero attached hydrogens (tertiary/aromatic N) is 1. The van der Waals surface area contributed by atoms with Gasteiger partial charge in [0.2, 0.25) is 15.9 Å². The lowest BCUT2D eigenvalue weighted by atomic mass is 10.2. The van der Waals surface area contributed by atoms with E-state index in [1.807, 2.05) is 13.0 Å². The van der Waals surface area contributed by atoms with E-state index < -0.39 is 32.0 Å². The lowest BCUT2D eigenvalue weighted by Gasteiger charge is -2.28. The van der Waals surface area contributed by atoms with Crippen molar-refractivity contribution in [2.75, 3.05) is 27.7 Å². The van der Waals surface area contributed by atoms with Gasteiger partial charge < -0.3 is 10.1 Å². The van der Waals surface area contributed by atoms with Gasteiger partial charge in [-0.05, 0) is 80.1 Å². The van der Waals surface area contributed by atoms with E-state index in [0.29, 0.717) is 22.8 Å². The van der Waals surface area contributed by atoms with Gasteiger partial charge in [0, 0.05) is 11.4 Å². The number of amides is 1. The fourth-order valence-electron chi connectivity index (χ4n) is 3.42. The van der Waals surface area contributed by atoms with Gasteiger partial charge in [0.15, 0.2) is 0 Å². The van der Waals surface area contributed by atoms with Crippen LogP contribution < -0.4 is 19.1 Å². The maximum atomic E-state index is 12.9. The van der Waals surface area contributed by atoms with E-state index in [4.69, 9.17) is 4.74 Å². The molecule has 186 valence electrons. The first-order valence-electron chi connectivity index (χ1n) is 10.5. The minimum absolute atomic E-state index is 0.0149. The lowest BCUT2D eigenvalue weighted by Crippen LogP contribution is -2.45. The molecule has 0 saturated carbocycles. The standard InChI is InChI=1S/C24H27N3O6S2/c1-17-6-5-7-20(16-17)26-35(31,32)23-14-8-19(9-15-23)25-24(28)18(2)27(34(4,29)30)21-10-12-22(33-3)13-11-21/h5-16,18,26H,1-4H3,(H,25,28). The summed E-state index contributed by atoms with van der Waals surface area (Å²) in [5.41, 5.74) is 1.98. The first kappa shape index (κ1) is 26.0. The predicted molar refractivity (Wildman–Crippen MR) is 137 cm³/mol. The van der Waals surface area contributed by atoms with Gasteiger partial charge in [-0.1, -0.05) is 12.1 Å². The SMILES string of the molecule is COc1ccc(N(C(C)C(=O)Nc2ccc(S(=O)(=O)Nc3cccc(C)c3)cc2)S(C)(=O)=O)cc1. The van der Waals surface area contributed by atoms with Crippen LogP contribution in [-0.2, 0) is 24.8 Å². The highest BCUT2D eigenvalue weighted by Crippen LogP contribution is 2.25. The van der Waals surface area contributed by atoms with Crippen molar-refractivity contribution in [3.63, 3.8) is 0 Å². The predicted octanol–water partition coefficient (Wildman–Crippen LogP) is 3.60. The van der Waals surface area contributed by atoms with E-state index in [9.17, 15) is 21.6 Å². The highest BCUT2D eigenvalue weighted by Gasteiger charge is 2.29. The number of nitrogens with one attached hydrogen (secondary N) is 2. The van der Waals surface area contributed by atoms with Crippen molar-refractivity contribution < 1.29 is 26.4 Å². The van der Waals surface area contributed by atoms with Crippen LogP contribution in [-0.4, -0.2) is 42.2 Å². The Morgan fingerprint density at radius 3 is 2.09 bits per heavy atom. The molecular formula is C24H27N3O6S2. The Morgan fingerprint density at radius 2 is 1.54 bits per heavy atom. The van der Waals surface area contributed by atoms with Crippen molar-refractivity contribution in [1.29, 1.82) is 0 Å². The zero-order chi connectivity index (χ0) is 25.8. The number of hydrogen-bond donors (Lipinski definition) is 2. The van der Waals surface area contributed by atoms with Crippen LogP contribution in [0.4, 0.5) is 17.1 Å². The number of methoxy groups -OCH3 is 1. The molecule has 0 aliphatic carbocycles. The van der Waals surface area contributed by atoms with Gasteiger partial charge in [-0.2, -0.15) is 0 Å². The highest BCUT2D eigenvalue weighted by molar-refractivity contribution is 7.92. The number of ether oxygens (including phenoxy) is 1. The van der Waals surface area contributed by atoms with Crippen LogP contribution in [0.5, 0.6) is 5.75 Å². The third-order valence-corrected chi connectivity index (χ3v) is 7.76. The van der Waals surface area contributed by atoms with Crippen LogP contribution in [0.15, 0.2) is 77.7 Å². The Balaban J connectivity index is 1.76. The second-order valence-corrected chi connectivity index (χ2v) is 11.5.